The minimum atomic E-state index is 0.658. The van der Waals surface area contributed by atoms with Gasteiger partial charge in [-0.1, -0.05) is 30.3 Å². The monoisotopic (exact) mass is 320 g/mol. The molecule has 0 aliphatic carbocycles. The molecule has 124 valence electrons. The molecule has 3 aromatic rings. The van der Waals surface area contributed by atoms with E-state index in [9.17, 15) is 0 Å². The van der Waals surface area contributed by atoms with E-state index in [-0.39, 0.29) is 0 Å². The minimum Gasteiger partial charge on any atom is -0.351 e. The quantitative estimate of drug-likeness (QED) is 0.718. The van der Waals surface area contributed by atoms with Crippen LogP contribution < -0.4 is 0 Å². The number of hydrogen-bond donors (Lipinski definition) is 0. The largest absolute Gasteiger partial charge is 0.351 e. The third kappa shape index (κ3) is 3.44. The van der Waals surface area contributed by atoms with E-state index in [0.29, 0.717) is 6.04 Å². The van der Waals surface area contributed by atoms with Crippen molar-refractivity contribution in [2.75, 3.05) is 13.1 Å². The zero-order valence-electron chi connectivity index (χ0n) is 14.0. The van der Waals surface area contributed by atoms with Crippen molar-refractivity contribution in [1.82, 2.24) is 19.2 Å². The van der Waals surface area contributed by atoms with Crippen LogP contribution in [0.4, 0.5) is 0 Å². The van der Waals surface area contributed by atoms with Crippen LogP contribution in [-0.2, 0) is 13.1 Å². The van der Waals surface area contributed by atoms with Gasteiger partial charge in [-0.2, -0.15) is 5.10 Å². The van der Waals surface area contributed by atoms with Gasteiger partial charge in [-0.05, 0) is 36.6 Å². The smallest absolute Gasteiger partial charge is 0.0663 e. The van der Waals surface area contributed by atoms with Crippen molar-refractivity contribution in [3.05, 3.63) is 78.4 Å². The summed E-state index contributed by atoms with van der Waals surface area (Å²) in [6.45, 7) is 4.15. The molecule has 0 N–H and O–H groups in total. The summed E-state index contributed by atoms with van der Waals surface area (Å²) in [5.41, 5.74) is 2.60. The molecule has 1 aliphatic rings. The Hall–Kier alpha value is -2.33. The molecule has 24 heavy (non-hydrogen) atoms. The highest BCUT2D eigenvalue weighted by molar-refractivity contribution is 5.16. The molecule has 1 fully saturated rings. The first-order valence-electron chi connectivity index (χ1n) is 8.78. The van der Waals surface area contributed by atoms with Crippen molar-refractivity contribution in [2.45, 2.75) is 32.0 Å². The SMILES string of the molecule is c1ccc(Cn2nccc2CN2CCC(n3cccc3)CC2)cc1. The molecule has 0 bridgehead atoms. The lowest BCUT2D eigenvalue weighted by molar-refractivity contribution is 0.176. The van der Waals surface area contributed by atoms with Gasteiger partial charge < -0.3 is 4.57 Å². The van der Waals surface area contributed by atoms with Crippen LogP contribution in [0.25, 0.3) is 0 Å². The number of hydrogen-bond acceptors (Lipinski definition) is 2. The van der Waals surface area contributed by atoms with Gasteiger partial charge in [0.05, 0.1) is 12.2 Å². The first-order chi connectivity index (χ1) is 11.9. The van der Waals surface area contributed by atoms with Crippen LogP contribution in [0.3, 0.4) is 0 Å². The second kappa shape index (κ2) is 7.05. The second-order valence-electron chi connectivity index (χ2n) is 6.60. The summed E-state index contributed by atoms with van der Waals surface area (Å²) >= 11 is 0. The molecule has 0 radical (unpaired) electrons. The summed E-state index contributed by atoms with van der Waals surface area (Å²) in [5, 5.41) is 4.52. The summed E-state index contributed by atoms with van der Waals surface area (Å²) in [7, 11) is 0. The van der Waals surface area contributed by atoms with E-state index in [4.69, 9.17) is 0 Å². The molecular weight excluding hydrogens is 296 g/mol. The number of piperidine rings is 1. The zero-order valence-corrected chi connectivity index (χ0v) is 14.0. The van der Waals surface area contributed by atoms with E-state index in [1.54, 1.807) is 0 Å². The maximum Gasteiger partial charge on any atom is 0.0663 e. The third-order valence-corrected chi connectivity index (χ3v) is 4.97. The van der Waals surface area contributed by atoms with E-state index >= 15 is 0 Å². The van der Waals surface area contributed by atoms with Gasteiger partial charge >= 0.3 is 0 Å². The molecule has 1 aliphatic heterocycles. The number of rotatable bonds is 5. The van der Waals surface area contributed by atoms with Gasteiger partial charge in [-0.25, -0.2) is 0 Å². The predicted octanol–water partition coefficient (Wildman–Crippen LogP) is 3.57. The normalized spacial score (nSPS) is 16.5. The Morgan fingerprint density at radius 1 is 0.875 bits per heavy atom. The van der Waals surface area contributed by atoms with Gasteiger partial charge in [0.15, 0.2) is 0 Å². The van der Waals surface area contributed by atoms with Gasteiger partial charge in [0.2, 0.25) is 0 Å². The van der Waals surface area contributed by atoms with Crippen molar-refractivity contribution in [3.8, 4) is 0 Å². The number of aromatic nitrogens is 3. The lowest BCUT2D eigenvalue weighted by Crippen LogP contribution is -2.34. The molecule has 4 nitrogen and oxygen atoms in total. The average molecular weight is 320 g/mol. The van der Waals surface area contributed by atoms with E-state index in [1.807, 2.05) is 6.20 Å². The number of benzene rings is 1. The molecule has 0 amide bonds. The average Bonchev–Trinajstić information content (AvgIpc) is 3.29. The van der Waals surface area contributed by atoms with Crippen molar-refractivity contribution in [1.29, 1.82) is 0 Å². The molecule has 0 spiro atoms. The fourth-order valence-corrected chi connectivity index (χ4v) is 3.59. The Bertz CT molecular complexity index is 737. The van der Waals surface area contributed by atoms with Crippen LogP contribution in [0.15, 0.2) is 67.1 Å². The fourth-order valence-electron chi connectivity index (χ4n) is 3.59. The molecule has 0 atom stereocenters. The Morgan fingerprint density at radius 2 is 1.62 bits per heavy atom. The topological polar surface area (TPSA) is 26.0 Å². The summed E-state index contributed by atoms with van der Waals surface area (Å²) in [5.74, 6) is 0. The van der Waals surface area contributed by atoms with Gasteiger partial charge in [0.1, 0.15) is 0 Å². The Kier molecular flexibility index (Phi) is 4.47. The molecule has 1 saturated heterocycles. The second-order valence-corrected chi connectivity index (χ2v) is 6.60. The predicted molar refractivity (Wildman–Crippen MR) is 95.8 cm³/mol. The molecule has 0 unspecified atom stereocenters. The van der Waals surface area contributed by atoms with Crippen molar-refractivity contribution < 1.29 is 0 Å². The van der Waals surface area contributed by atoms with Crippen LogP contribution >= 0.6 is 0 Å². The van der Waals surface area contributed by atoms with Crippen LogP contribution in [-0.4, -0.2) is 32.3 Å². The Morgan fingerprint density at radius 3 is 2.38 bits per heavy atom. The van der Waals surface area contributed by atoms with Crippen LogP contribution in [0.1, 0.15) is 30.1 Å². The van der Waals surface area contributed by atoms with E-state index in [1.165, 1.54) is 24.1 Å². The maximum atomic E-state index is 4.52. The Labute approximate surface area is 143 Å². The first kappa shape index (κ1) is 15.2. The molecule has 4 heteroatoms. The first-order valence-corrected chi connectivity index (χ1v) is 8.78. The molecular formula is C20H24N4. The van der Waals surface area contributed by atoms with Crippen LogP contribution in [0.5, 0.6) is 0 Å². The van der Waals surface area contributed by atoms with E-state index in [0.717, 1.165) is 26.2 Å². The standard InChI is InChI=1S/C20H24N4/c1-2-6-18(7-3-1)16-24-20(8-11-21-24)17-22-14-9-19(10-15-22)23-12-4-5-13-23/h1-8,11-13,19H,9-10,14-17H2. The van der Waals surface area contributed by atoms with Crippen LogP contribution in [0.2, 0.25) is 0 Å². The van der Waals surface area contributed by atoms with E-state index < -0.39 is 0 Å². The van der Waals surface area contributed by atoms with Crippen molar-refractivity contribution in [3.63, 3.8) is 0 Å². The summed E-state index contributed by atoms with van der Waals surface area (Å²) in [6.07, 6.45) is 8.75. The number of likely N-dealkylation sites (tertiary alicyclic amines) is 1. The van der Waals surface area contributed by atoms with Gasteiger partial charge in [-0.15, -0.1) is 0 Å². The highest BCUT2D eigenvalue weighted by Crippen LogP contribution is 2.23. The van der Waals surface area contributed by atoms with E-state index in [2.05, 4.69) is 80.2 Å². The molecule has 4 rings (SSSR count). The van der Waals surface area contributed by atoms with Crippen molar-refractivity contribution >= 4 is 0 Å². The maximum absolute atomic E-state index is 4.52. The van der Waals surface area contributed by atoms with Gasteiger partial charge in [-0.3, -0.25) is 9.58 Å². The molecule has 2 aromatic heterocycles. The van der Waals surface area contributed by atoms with Crippen molar-refractivity contribution in [2.24, 2.45) is 0 Å². The molecule has 1 aromatic carbocycles. The minimum absolute atomic E-state index is 0.658. The molecule has 0 saturated carbocycles. The number of nitrogens with zero attached hydrogens (tertiary/aromatic N) is 4. The lowest BCUT2D eigenvalue weighted by Gasteiger charge is -2.32. The fraction of sp³-hybridized carbons (Fsp3) is 0.350. The highest BCUT2D eigenvalue weighted by Gasteiger charge is 2.20. The summed E-state index contributed by atoms with van der Waals surface area (Å²) < 4.78 is 4.49. The Balaban J connectivity index is 1.36. The summed E-state index contributed by atoms with van der Waals surface area (Å²) in [4.78, 5) is 2.55. The van der Waals surface area contributed by atoms with Crippen LogP contribution in [0, 0.1) is 0 Å². The van der Waals surface area contributed by atoms with Gasteiger partial charge in [0.25, 0.3) is 0 Å². The van der Waals surface area contributed by atoms with Gasteiger partial charge in [0, 0.05) is 44.3 Å². The highest BCUT2D eigenvalue weighted by atomic mass is 15.3. The molecule has 3 heterocycles. The zero-order chi connectivity index (χ0) is 16.2. The lowest BCUT2D eigenvalue weighted by atomic mass is 10.0. The third-order valence-electron chi connectivity index (χ3n) is 4.97. The summed E-state index contributed by atoms with van der Waals surface area (Å²) in [6, 6.07) is 17.6.